The fourth-order valence-electron chi connectivity index (χ4n) is 1.36. The highest BCUT2D eigenvalue weighted by molar-refractivity contribution is 5.36. The molecule has 0 unspecified atom stereocenters. The van der Waals surface area contributed by atoms with Crippen LogP contribution in [0.1, 0.15) is 19.4 Å². The second kappa shape index (κ2) is 5.51. The van der Waals surface area contributed by atoms with E-state index in [9.17, 15) is 4.79 Å². The van der Waals surface area contributed by atoms with Crippen LogP contribution in [0.5, 0.6) is 0 Å². The van der Waals surface area contributed by atoms with E-state index in [0.717, 1.165) is 6.42 Å². The average molecular weight is 208 g/mol. The number of carbonyl (C=O) groups excluding carboxylic acids is 1. The number of rotatable bonds is 6. The summed E-state index contributed by atoms with van der Waals surface area (Å²) in [6.45, 7) is 4.32. The van der Waals surface area contributed by atoms with Gasteiger partial charge in [0.2, 0.25) is 0 Å². The molecular formula is C12H16O3. The predicted molar refractivity (Wildman–Crippen MR) is 57.3 cm³/mol. The lowest BCUT2D eigenvalue weighted by Gasteiger charge is -2.24. The van der Waals surface area contributed by atoms with Crippen molar-refractivity contribution >= 4 is 6.47 Å². The smallest absolute Gasteiger partial charge is 0.295 e. The second-order valence-corrected chi connectivity index (χ2v) is 3.95. The lowest BCUT2D eigenvalue weighted by Crippen LogP contribution is -2.28. The van der Waals surface area contributed by atoms with Crippen LogP contribution < -0.4 is 0 Å². The van der Waals surface area contributed by atoms with Gasteiger partial charge in [0.25, 0.3) is 6.47 Å². The maximum absolute atomic E-state index is 9.95. The van der Waals surface area contributed by atoms with Crippen LogP contribution in [0, 0.1) is 0 Å². The fourth-order valence-corrected chi connectivity index (χ4v) is 1.36. The summed E-state index contributed by atoms with van der Waals surface area (Å²) >= 11 is 0. The Hall–Kier alpha value is -1.35. The molecular weight excluding hydrogens is 192 g/mol. The molecule has 0 saturated carbocycles. The molecule has 0 aliphatic carbocycles. The van der Waals surface area contributed by atoms with Crippen LogP contribution in [-0.4, -0.2) is 18.9 Å². The van der Waals surface area contributed by atoms with Crippen LogP contribution in [0.15, 0.2) is 30.3 Å². The lowest BCUT2D eigenvalue weighted by molar-refractivity contribution is -0.154. The highest BCUT2D eigenvalue weighted by Crippen LogP contribution is 2.16. The van der Waals surface area contributed by atoms with Gasteiger partial charge in [-0.1, -0.05) is 30.3 Å². The first-order valence-electron chi connectivity index (χ1n) is 4.87. The van der Waals surface area contributed by atoms with Gasteiger partial charge in [0.1, 0.15) is 0 Å². The summed E-state index contributed by atoms with van der Waals surface area (Å²) in [4.78, 5) is 9.95. The van der Waals surface area contributed by atoms with Crippen molar-refractivity contribution in [3.8, 4) is 0 Å². The molecule has 1 rings (SSSR count). The van der Waals surface area contributed by atoms with Gasteiger partial charge >= 0.3 is 0 Å². The van der Waals surface area contributed by atoms with E-state index < -0.39 is 0 Å². The van der Waals surface area contributed by atoms with Gasteiger partial charge < -0.3 is 9.47 Å². The Morgan fingerprint density at radius 3 is 2.53 bits per heavy atom. The van der Waals surface area contributed by atoms with E-state index in [4.69, 9.17) is 4.74 Å². The van der Waals surface area contributed by atoms with Crippen molar-refractivity contribution in [3.05, 3.63) is 35.9 Å². The summed E-state index contributed by atoms with van der Waals surface area (Å²) in [5.41, 5.74) is 0.873. The lowest BCUT2D eigenvalue weighted by atomic mass is 9.99. The van der Waals surface area contributed by atoms with Crippen molar-refractivity contribution in [2.45, 2.75) is 25.9 Å². The molecule has 82 valence electrons. The molecule has 3 nitrogen and oxygen atoms in total. The molecule has 0 amide bonds. The Kier molecular flexibility index (Phi) is 4.31. The van der Waals surface area contributed by atoms with E-state index in [-0.39, 0.29) is 12.4 Å². The summed E-state index contributed by atoms with van der Waals surface area (Å²) < 4.78 is 9.92. The minimum atomic E-state index is -0.329. The monoisotopic (exact) mass is 208 g/mol. The molecule has 1 aromatic carbocycles. The van der Waals surface area contributed by atoms with E-state index in [1.807, 2.05) is 44.2 Å². The van der Waals surface area contributed by atoms with Crippen LogP contribution in [0.3, 0.4) is 0 Å². The van der Waals surface area contributed by atoms with Gasteiger partial charge in [-0.05, 0) is 19.4 Å². The Morgan fingerprint density at radius 2 is 1.93 bits per heavy atom. The van der Waals surface area contributed by atoms with Crippen LogP contribution in [0.2, 0.25) is 0 Å². The zero-order chi connectivity index (χ0) is 11.1. The minimum absolute atomic E-state index is 0.00331. The van der Waals surface area contributed by atoms with E-state index in [1.165, 1.54) is 5.56 Å². The van der Waals surface area contributed by atoms with Crippen LogP contribution in [-0.2, 0) is 20.7 Å². The Labute approximate surface area is 90.0 Å². The maximum Gasteiger partial charge on any atom is 0.295 e. The van der Waals surface area contributed by atoms with Gasteiger partial charge in [-0.3, -0.25) is 4.79 Å². The summed E-state index contributed by atoms with van der Waals surface area (Å²) in [6.07, 6.45) is 0.788. The van der Waals surface area contributed by atoms with Crippen LogP contribution in [0.25, 0.3) is 0 Å². The molecule has 0 aliphatic rings. The summed E-state index contributed by atoms with van der Waals surface area (Å²) in [6, 6.07) is 10.1. The van der Waals surface area contributed by atoms with E-state index in [2.05, 4.69) is 4.74 Å². The molecule has 0 N–H and O–H groups in total. The minimum Gasteiger partial charge on any atom is -0.441 e. The van der Waals surface area contributed by atoms with Gasteiger partial charge in [-0.2, -0.15) is 0 Å². The molecule has 0 atom stereocenters. The second-order valence-electron chi connectivity index (χ2n) is 3.95. The number of hydrogen-bond acceptors (Lipinski definition) is 3. The Morgan fingerprint density at radius 1 is 1.27 bits per heavy atom. The largest absolute Gasteiger partial charge is 0.441 e. The standard InChI is InChI=1S/C12H16O3/c1-12(2,15-10-14-9-13)8-11-6-4-3-5-7-11/h3-7,9H,8,10H2,1-2H3. The third-order valence-corrected chi connectivity index (χ3v) is 2.06. The van der Waals surface area contributed by atoms with Crippen molar-refractivity contribution in [3.63, 3.8) is 0 Å². The van der Waals surface area contributed by atoms with Crippen molar-refractivity contribution in [1.29, 1.82) is 0 Å². The van der Waals surface area contributed by atoms with E-state index >= 15 is 0 Å². The molecule has 1 aromatic rings. The Bertz CT molecular complexity index is 293. The SMILES string of the molecule is CC(C)(Cc1ccccc1)OCOC=O. The van der Waals surface area contributed by atoms with Gasteiger partial charge in [-0.25, -0.2) is 0 Å². The van der Waals surface area contributed by atoms with Crippen molar-refractivity contribution < 1.29 is 14.3 Å². The zero-order valence-corrected chi connectivity index (χ0v) is 9.10. The maximum atomic E-state index is 9.95. The first-order chi connectivity index (χ1) is 7.14. The average Bonchev–Trinajstić information content (AvgIpc) is 2.18. The van der Waals surface area contributed by atoms with Crippen molar-refractivity contribution in [1.82, 2.24) is 0 Å². The first-order valence-corrected chi connectivity index (χ1v) is 4.87. The van der Waals surface area contributed by atoms with Gasteiger partial charge in [-0.15, -0.1) is 0 Å². The highest BCUT2D eigenvalue weighted by Gasteiger charge is 2.18. The molecule has 0 heterocycles. The van der Waals surface area contributed by atoms with Crippen LogP contribution >= 0.6 is 0 Å². The third kappa shape index (κ3) is 4.61. The van der Waals surface area contributed by atoms with Crippen molar-refractivity contribution in [2.75, 3.05) is 6.79 Å². The summed E-state index contributed by atoms with van der Waals surface area (Å²) in [5, 5.41) is 0. The predicted octanol–water partition coefficient (Wildman–Crippen LogP) is 2.15. The number of benzene rings is 1. The van der Waals surface area contributed by atoms with E-state index in [0.29, 0.717) is 6.47 Å². The Balaban J connectivity index is 2.45. The number of ether oxygens (including phenoxy) is 2. The molecule has 0 fully saturated rings. The molecule has 0 bridgehead atoms. The number of hydrogen-bond donors (Lipinski definition) is 0. The van der Waals surface area contributed by atoms with Gasteiger partial charge in [0.15, 0.2) is 6.79 Å². The van der Waals surface area contributed by atoms with Crippen molar-refractivity contribution in [2.24, 2.45) is 0 Å². The fraction of sp³-hybridized carbons (Fsp3) is 0.417. The van der Waals surface area contributed by atoms with Gasteiger partial charge in [0, 0.05) is 6.42 Å². The van der Waals surface area contributed by atoms with Crippen LogP contribution in [0.4, 0.5) is 0 Å². The molecule has 0 radical (unpaired) electrons. The molecule has 0 aliphatic heterocycles. The number of carbonyl (C=O) groups is 1. The van der Waals surface area contributed by atoms with E-state index in [1.54, 1.807) is 0 Å². The third-order valence-electron chi connectivity index (χ3n) is 2.06. The quantitative estimate of drug-likeness (QED) is 0.408. The molecule has 15 heavy (non-hydrogen) atoms. The molecule has 3 heteroatoms. The molecule has 0 spiro atoms. The first kappa shape index (κ1) is 11.7. The molecule has 0 aromatic heterocycles. The zero-order valence-electron chi connectivity index (χ0n) is 9.10. The topological polar surface area (TPSA) is 35.5 Å². The summed E-state index contributed by atoms with van der Waals surface area (Å²) in [5.74, 6) is 0. The molecule has 0 saturated heterocycles. The normalized spacial score (nSPS) is 11.1. The highest BCUT2D eigenvalue weighted by atomic mass is 16.7. The van der Waals surface area contributed by atoms with Gasteiger partial charge in [0.05, 0.1) is 5.60 Å². The summed E-state index contributed by atoms with van der Waals surface area (Å²) in [7, 11) is 0.